The van der Waals surface area contributed by atoms with Crippen LogP contribution in [-0.2, 0) is 4.79 Å². The Morgan fingerprint density at radius 1 is 1.53 bits per heavy atom. The van der Waals surface area contributed by atoms with Crippen molar-refractivity contribution in [3.05, 3.63) is 5.82 Å². The molecule has 0 radical (unpaired) electrons. The fourth-order valence-corrected chi connectivity index (χ4v) is 2.01. The molecule has 1 aromatic heterocycles. The SMILES string of the molecule is CC(NC(=O)C1(C(F)(F)F)CCNC1)c1nn[nH]n1. The van der Waals surface area contributed by atoms with Gasteiger partial charge in [-0.05, 0) is 19.9 Å². The normalized spacial score (nSPS) is 25.3. The number of halogens is 3. The van der Waals surface area contributed by atoms with Gasteiger partial charge in [0, 0.05) is 6.54 Å². The number of aromatic nitrogens is 4. The Morgan fingerprint density at radius 2 is 2.26 bits per heavy atom. The molecule has 3 N–H and O–H groups in total. The summed E-state index contributed by atoms with van der Waals surface area (Å²) in [5, 5.41) is 17.6. The second-order valence-corrected chi connectivity index (χ2v) is 4.47. The maximum absolute atomic E-state index is 13.1. The van der Waals surface area contributed by atoms with E-state index in [2.05, 4.69) is 31.3 Å². The average Bonchev–Trinajstić information content (AvgIpc) is 3.00. The Hall–Kier alpha value is -1.71. The number of tetrazole rings is 1. The largest absolute Gasteiger partial charge is 0.404 e. The van der Waals surface area contributed by atoms with Crippen LogP contribution >= 0.6 is 0 Å². The van der Waals surface area contributed by atoms with Gasteiger partial charge in [-0.2, -0.15) is 18.4 Å². The monoisotopic (exact) mass is 278 g/mol. The van der Waals surface area contributed by atoms with E-state index in [1.54, 1.807) is 0 Å². The topological polar surface area (TPSA) is 95.6 Å². The molecular formula is C9H13F3N6O. The molecule has 106 valence electrons. The zero-order chi connectivity index (χ0) is 14.1. The molecule has 2 atom stereocenters. The molecule has 0 aliphatic carbocycles. The highest BCUT2D eigenvalue weighted by Gasteiger charge is 2.61. The molecule has 0 spiro atoms. The fourth-order valence-electron chi connectivity index (χ4n) is 2.01. The predicted octanol–water partition coefficient (Wildman–Crippen LogP) is -0.0811. The number of hydrogen-bond acceptors (Lipinski definition) is 5. The van der Waals surface area contributed by atoms with Crippen LogP contribution in [0.3, 0.4) is 0 Å². The van der Waals surface area contributed by atoms with Crippen LogP contribution in [0.15, 0.2) is 0 Å². The highest BCUT2D eigenvalue weighted by atomic mass is 19.4. The number of rotatable bonds is 3. The first-order valence-electron chi connectivity index (χ1n) is 5.68. The first-order valence-corrected chi connectivity index (χ1v) is 5.68. The summed E-state index contributed by atoms with van der Waals surface area (Å²) < 4.78 is 39.3. The molecule has 1 aromatic rings. The molecule has 7 nitrogen and oxygen atoms in total. The number of aromatic amines is 1. The predicted molar refractivity (Wildman–Crippen MR) is 56.7 cm³/mol. The van der Waals surface area contributed by atoms with Gasteiger partial charge in [-0.3, -0.25) is 4.79 Å². The summed E-state index contributed by atoms with van der Waals surface area (Å²) in [5.74, 6) is -0.932. The minimum atomic E-state index is -4.60. The molecule has 2 rings (SSSR count). The summed E-state index contributed by atoms with van der Waals surface area (Å²) >= 11 is 0. The summed E-state index contributed by atoms with van der Waals surface area (Å²) in [6, 6.07) is -0.744. The molecule has 2 heterocycles. The molecular weight excluding hydrogens is 265 g/mol. The molecule has 0 aromatic carbocycles. The highest BCUT2D eigenvalue weighted by molar-refractivity contribution is 5.84. The van der Waals surface area contributed by atoms with E-state index < -0.39 is 30.1 Å². The van der Waals surface area contributed by atoms with E-state index in [0.717, 1.165) is 0 Å². The van der Waals surface area contributed by atoms with Gasteiger partial charge in [0.25, 0.3) is 0 Å². The van der Waals surface area contributed by atoms with Crippen molar-refractivity contribution in [2.45, 2.75) is 25.6 Å². The van der Waals surface area contributed by atoms with E-state index in [1.165, 1.54) is 6.92 Å². The van der Waals surface area contributed by atoms with Gasteiger partial charge in [0.05, 0.1) is 6.04 Å². The van der Waals surface area contributed by atoms with E-state index in [1.807, 2.05) is 0 Å². The zero-order valence-electron chi connectivity index (χ0n) is 10.1. The average molecular weight is 278 g/mol. The number of H-pyrrole nitrogens is 1. The third-order valence-electron chi connectivity index (χ3n) is 3.23. The summed E-state index contributed by atoms with van der Waals surface area (Å²) in [7, 11) is 0. The second-order valence-electron chi connectivity index (χ2n) is 4.47. The van der Waals surface area contributed by atoms with E-state index in [9.17, 15) is 18.0 Å². The molecule has 1 saturated heterocycles. The van der Waals surface area contributed by atoms with Gasteiger partial charge < -0.3 is 10.6 Å². The third kappa shape index (κ3) is 2.39. The lowest BCUT2D eigenvalue weighted by molar-refractivity contribution is -0.216. The maximum atomic E-state index is 13.1. The molecule has 0 saturated carbocycles. The minimum absolute atomic E-state index is 0.136. The molecule has 1 fully saturated rings. The number of hydrogen-bond donors (Lipinski definition) is 3. The highest BCUT2D eigenvalue weighted by Crippen LogP contribution is 2.43. The molecule has 1 aliphatic rings. The van der Waals surface area contributed by atoms with Crippen LogP contribution in [0, 0.1) is 5.41 Å². The van der Waals surface area contributed by atoms with Crippen molar-refractivity contribution in [1.82, 2.24) is 31.3 Å². The number of nitrogens with zero attached hydrogens (tertiary/aromatic N) is 3. The number of alkyl halides is 3. The van der Waals surface area contributed by atoms with Gasteiger partial charge in [-0.25, -0.2) is 0 Å². The van der Waals surface area contributed by atoms with Crippen molar-refractivity contribution in [3.8, 4) is 0 Å². The van der Waals surface area contributed by atoms with Gasteiger partial charge in [0.1, 0.15) is 0 Å². The standard InChI is InChI=1S/C9H13F3N6O/c1-5(6-15-17-18-16-6)14-7(19)8(9(10,11)12)2-3-13-4-8/h5,13H,2-4H2,1H3,(H,14,19)(H,15,16,17,18). The molecule has 19 heavy (non-hydrogen) atoms. The Balaban J connectivity index is 2.13. The van der Waals surface area contributed by atoms with Crippen LogP contribution in [0.1, 0.15) is 25.2 Å². The van der Waals surface area contributed by atoms with E-state index >= 15 is 0 Å². The zero-order valence-corrected chi connectivity index (χ0v) is 10.1. The Morgan fingerprint density at radius 3 is 2.74 bits per heavy atom. The van der Waals surface area contributed by atoms with E-state index in [4.69, 9.17) is 0 Å². The van der Waals surface area contributed by atoms with Crippen molar-refractivity contribution in [1.29, 1.82) is 0 Å². The number of nitrogens with one attached hydrogen (secondary N) is 3. The summed E-state index contributed by atoms with van der Waals surface area (Å²) in [5.41, 5.74) is -2.38. The quantitative estimate of drug-likeness (QED) is 0.718. The first kappa shape index (κ1) is 13.7. The fraction of sp³-hybridized carbons (Fsp3) is 0.778. The number of carbonyl (C=O) groups excluding carboxylic acids is 1. The van der Waals surface area contributed by atoms with Gasteiger partial charge in [0.15, 0.2) is 11.2 Å². The van der Waals surface area contributed by atoms with Crippen molar-refractivity contribution >= 4 is 5.91 Å². The molecule has 0 bridgehead atoms. The van der Waals surface area contributed by atoms with Gasteiger partial charge in [-0.1, -0.05) is 5.21 Å². The van der Waals surface area contributed by atoms with Crippen molar-refractivity contribution in [2.75, 3.05) is 13.1 Å². The molecule has 2 unspecified atom stereocenters. The van der Waals surface area contributed by atoms with Crippen LogP contribution in [0.4, 0.5) is 13.2 Å². The summed E-state index contributed by atoms with van der Waals surface area (Å²) in [6.07, 6.45) is -4.88. The first-order chi connectivity index (χ1) is 8.87. The van der Waals surface area contributed by atoms with Gasteiger partial charge in [0.2, 0.25) is 5.91 Å². The van der Waals surface area contributed by atoms with E-state index in [-0.39, 0.29) is 18.8 Å². The van der Waals surface area contributed by atoms with Crippen molar-refractivity contribution in [3.63, 3.8) is 0 Å². The van der Waals surface area contributed by atoms with Crippen LogP contribution < -0.4 is 10.6 Å². The van der Waals surface area contributed by atoms with Gasteiger partial charge >= 0.3 is 6.18 Å². The second kappa shape index (κ2) is 4.76. The lowest BCUT2D eigenvalue weighted by Gasteiger charge is -2.30. The van der Waals surface area contributed by atoms with Crippen molar-refractivity contribution < 1.29 is 18.0 Å². The van der Waals surface area contributed by atoms with E-state index in [0.29, 0.717) is 0 Å². The van der Waals surface area contributed by atoms with Crippen molar-refractivity contribution in [2.24, 2.45) is 5.41 Å². The smallest absolute Gasteiger partial charge is 0.345 e. The molecule has 1 aliphatic heterocycles. The molecule has 10 heteroatoms. The molecule has 1 amide bonds. The maximum Gasteiger partial charge on any atom is 0.404 e. The summed E-state index contributed by atoms with van der Waals surface area (Å²) in [6.45, 7) is 1.24. The Bertz CT molecular complexity index is 439. The summed E-state index contributed by atoms with van der Waals surface area (Å²) in [4.78, 5) is 12.0. The minimum Gasteiger partial charge on any atom is -0.345 e. The van der Waals surface area contributed by atoms with Crippen LogP contribution in [0.2, 0.25) is 0 Å². The Labute approximate surface area is 106 Å². The lowest BCUT2D eigenvalue weighted by Crippen LogP contribution is -2.52. The van der Waals surface area contributed by atoms with Crippen LogP contribution in [0.25, 0.3) is 0 Å². The van der Waals surface area contributed by atoms with Gasteiger partial charge in [-0.15, -0.1) is 10.2 Å². The van der Waals surface area contributed by atoms with Crippen LogP contribution in [-0.4, -0.2) is 45.8 Å². The lowest BCUT2D eigenvalue weighted by atomic mass is 9.85. The van der Waals surface area contributed by atoms with Crippen LogP contribution in [0.5, 0.6) is 0 Å². The third-order valence-corrected chi connectivity index (χ3v) is 3.23. The number of amides is 1. The number of carbonyl (C=O) groups is 1. The Kier molecular flexibility index (Phi) is 3.43.